The number of carboxylic acids is 1. The number of hydrogen-bond acceptors (Lipinski definition) is 4. The lowest BCUT2D eigenvalue weighted by molar-refractivity contribution is -0.255. The van der Waals surface area contributed by atoms with Gasteiger partial charge >= 0.3 is 6.09 Å². The number of rotatable bonds is 1. The summed E-state index contributed by atoms with van der Waals surface area (Å²) >= 11 is 0. The van der Waals surface area contributed by atoms with E-state index in [0.29, 0.717) is 5.52 Å². The Morgan fingerprint density at radius 2 is 1.89 bits per heavy atom. The lowest BCUT2D eigenvalue weighted by atomic mass is 10.2. The van der Waals surface area contributed by atoms with Crippen LogP contribution in [0.1, 0.15) is 31.1 Å². The first-order valence-corrected chi connectivity index (χ1v) is 5.84. The number of carbonyl (C=O) groups excluding carboxylic acids is 2. The summed E-state index contributed by atoms with van der Waals surface area (Å²) in [7, 11) is 0. The minimum absolute atomic E-state index is 0.0241. The number of ether oxygens (including phenoxy) is 1. The van der Waals surface area contributed by atoms with E-state index in [1.807, 2.05) is 0 Å². The van der Waals surface area contributed by atoms with Crippen molar-refractivity contribution in [1.29, 1.82) is 0 Å². The van der Waals surface area contributed by atoms with Gasteiger partial charge < -0.3 is 14.6 Å². The van der Waals surface area contributed by atoms with Gasteiger partial charge in [-0.25, -0.2) is 4.79 Å². The van der Waals surface area contributed by atoms with Crippen molar-refractivity contribution in [2.24, 2.45) is 0 Å². The second kappa shape index (κ2) is 4.42. The molecule has 0 spiro atoms. The molecule has 1 heterocycles. The zero-order valence-corrected chi connectivity index (χ0v) is 11.0. The van der Waals surface area contributed by atoms with Gasteiger partial charge in [0.25, 0.3) is 0 Å². The summed E-state index contributed by atoms with van der Waals surface area (Å²) in [6.45, 7) is 5.30. The van der Waals surface area contributed by atoms with Gasteiger partial charge in [0.05, 0.1) is 11.5 Å². The number of benzene rings is 1. The van der Waals surface area contributed by atoms with Gasteiger partial charge in [-0.2, -0.15) is 0 Å². The highest BCUT2D eigenvalue weighted by Crippen LogP contribution is 2.19. The molecule has 0 radical (unpaired) electrons. The molecular weight excluding hydrogens is 246 g/mol. The van der Waals surface area contributed by atoms with E-state index in [2.05, 4.69) is 0 Å². The second-order valence-electron chi connectivity index (χ2n) is 5.23. The van der Waals surface area contributed by atoms with E-state index in [9.17, 15) is 14.7 Å². The summed E-state index contributed by atoms with van der Waals surface area (Å²) in [5.74, 6) is -1.28. The van der Waals surface area contributed by atoms with Gasteiger partial charge in [-0.1, -0.05) is 12.1 Å². The minimum atomic E-state index is -1.28. The molecule has 5 heteroatoms. The molecule has 0 atom stereocenters. The first-order chi connectivity index (χ1) is 8.78. The van der Waals surface area contributed by atoms with Crippen molar-refractivity contribution >= 4 is 23.0 Å². The number of aromatic carboxylic acids is 1. The Bertz CT molecular complexity index is 649. The number of fused-ring (bicyclic) bond motifs is 1. The van der Waals surface area contributed by atoms with Crippen molar-refractivity contribution in [3.63, 3.8) is 0 Å². The molecule has 1 aromatic heterocycles. The maximum atomic E-state index is 12.0. The van der Waals surface area contributed by atoms with Crippen molar-refractivity contribution in [3.8, 4) is 0 Å². The van der Waals surface area contributed by atoms with Crippen molar-refractivity contribution in [2.45, 2.75) is 26.4 Å². The molecule has 0 unspecified atom stereocenters. The topological polar surface area (TPSA) is 71.4 Å². The smallest absolute Gasteiger partial charge is 0.418 e. The van der Waals surface area contributed by atoms with Crippen LogP contribution in [0.5, 0.6) is 0 Å². The highest BCUT2D eigenvalue weighted by Gasteiger charge is 2.19. The predicted octanol–water partition coefficient (Wildman–Crippen LogP) is 1.79. The van der Waals surface area contributed by atoms with Gasteiger partial charge in [0, 0.05) is 11.6 Å². The average Bonchev–Trinajstić information content (AvgIpc) is 2.68. The molecule has 0 aliphatic rings. The molecule has 100 valence electrons. The molecule has 0 aliphatic carbocycles. The molecule has 0 saturated carbocycles. The first kappa shape index (κ1) is 13.1. The third-order valence-corrected chi connectivity index (χ3v) is 2.52. The standard InChI is InChI=1S/C14H15NO4/c1-14(2,3)19-13(18)15-7-6-9-4-5-10(12(16)17)8-11(9)15/h4-8H,1-3H3,(H,16,17)/p-1. The fourth-order valence-electron chi connectivity index (χ4n) is 1.73. The van der Waals surface area contributed by atoms with E-state index in [1.165, 1.54) is 16.7 Å². The van der Waals surface area contributed by atoms with E-state index in [1.54, 1.807) is 39.1 Å². The molecule has 1 aromatic carbocycles. The molecule has 0 fully saturated rings. The number of nitrogens with zero attached hydrogens (tertiary/aromatic N) is 1. The number of carboxylic acid groups (broad SMARTS) is 1. The van der Waals surface area contributed by atoms with E-state index < -0.39 is 17.7 Å². The van der Waals surface area contributed by atoms with E-state index in [4.69, 9.17) is 4.74 Å². The monoisotopic (exact) mass is 260 g/mol. The van der Waals surface area contributed by atoms with E-state index >= 15 is 0 Å². The maximum Gasteiger partial charge on any atom is 0.418 e. The zero-order valence-electron chi connectivity index (χ0n) is 11.0. The van der Waals surface area contributed by atoms with Crippen LogP contribution in [-0.2, 0) is 4.74 Å². The molecule has 0 aliphatic heterocycles. The van der Waals surface area contributed by atoms with Gasteiger partial charge in [0.2, 0.25) is 0 Å². The molecule has 5 nitrogen and oxygen atoms in total. The van der Waals surface area contributed by atoms with Crippen LogP contribution >= 0.6 is 0 Å². The summed E-state index contributed by atoms with van der Waals surface area (Å²) in [5, 5.41) is 11.6. The Hall–Kier alpha value is -2.30. The Labute approximate surface area is 110 Å². The van der Waals surface area contributed by atoms with Crippen LogP contribution in [0, 0.1) is 0 Å². The average molecular weight is 260 g/mol. The fraction of sp³-hybridized carbons (Fsp3) is 0.286. The van der Waals surface area contributed by atoms with Crippen LogP contribution in [0.4, 0.5) is 4.79 Å². The van der Waals surface area contributed by atoms with Gasteiger partial charge in [0.15, 0.2) is 0 Å². The van der Waals surface area contributed by atoms with Crippen LogP contribution in [-0.4, -0.2) is 22.2 Å². The third-order valence-electron chi connectivity index (χ3n) is 2.52. The summed E-state index contributed by atoms with van der Waals surface area (Å²) in [4.78, 5) is 22.8. The highest BCUT2D eigenvalue weighted by atomic mass is 16.6. The molecule has 0 bridgehead atoms. The summed E-state index contributed by atoms with van der Waals surface area (Å²) in [5.41, 5.74) is -0.105. The minimum Gasteiger partial charge on any atom is -0.545 e. The zero-order chi connectivity index (χ0) is 14.2. The number of aromatic nitrogens is 1. The molecule has 2 aromatic rings. The fourth-order valence-corrected chi connectivity index (χ4v) is 1.73. The quantitative estimate of drug-likeness (QED) is 0.783. The number of carbonyl (C=O) groups is 2. The first-order valence-electron chi connectivity index (χ1n) is 5.84. The van der Waals surface area contributed by atoms with Crippen molar-refractivity contribution in [2.75, 3.05) is 0 Å². The summed E-state index contributed by atoms with van der Waals surface area (Å²) in [6, 6.07) is 6.19. The van der Waals surface area contributed by atoms with Crippen LogP contribution in [0.2, 0.25) is 0 Å². The van der Waals surface area contributed by atoms with Crippen molar-refractivity contribution in [1.82, 2.24) is 4.57 Å². The molecule has 2 rings (SSSR count). The summed E-state index contributed by atoms with van der Waals surface area (Å²) in [6.07, 6.45) is 1.01. The van der Waals surface area contributed by atoms with Crippen molar-refractivity contribution in [3.05, 3.63) is 36.0 Å². The van der Waals surface area contributed by atoms with Crippen LogP contribution in [0.3, 0.4) is 0 Å². The van der Waals surface area contributed by atoms with Crippen LogP contribution in [0.25, 0.3) is 10.9 Å². The molecule has 19 heavy (non-hydrogen) atoms. The molecule has 0 N–H and O–H groups in total. The Balaban J connectivity index is 2.46. The Morgan fingerprint density at radius 1 is 1.21 bits per heavy atom. The van der Waals surface area contributed by atoms with Crippen molar-refractivity contribution < 1.29 is 19.4 Å². The predicted molar refractivity (Wildman–Crippen MR) is 67.9 cm³/mol. The van der Waals surface area contributed by atoms with Gasteiger partial charge in [-0.15, -0.1) is 0 Å². The van der Waals surface area contributed by atoms with Gasteiger partial charge in [0.1, 0.15) is 5.60 Å². The van der Waals surface area contributed by atoms with Gasteiger partial charge in [-0.05, 0) is 38.5 Å². The SMILES string of the molecule is CC(C)(C)OC(=O)n1ccc2ccc(C(=O)[O-])cc21. The van der Waals surface area contributed by atoms with Crippen LogP contribution in [0.15, 0.2) is 30.5 Å². The summed E-state index contributed by atoms with van der Waals surface area (Å²) < 4.78 is 6.54. The molecule has 0 amide bonds. The highest BCUT2D eigenvalue weighted by molar-refractivity contribution is 5.95. The second-order valence-corrected chi connectivity index (χ2v) is 5.23. The normalized spacial score (nSPS) is 11.5. The molecular formula is C14H14NO4-. The van der Waals surface area contributed by atoms with E-state index in [-0.39, 0.29) is 5.56 Å². The van der Waals surface area contributed by atoms with E-state index in [0.717, 1.165) is 5.39 Å². The van der Waals surface area contributed by atoms with Gasteiger partial charge in [-0.3, -0.25) is 4.57 Å². The number of hydrogen-bond donors (Lipinski definition) is 0. The largest absolute Gasteiger partial charge is 0.545 e. The Kier molecular flexibility index (Phi) is 3.06. The lowest BCUT2D eigenvalue weighted by Gasteiger charge is -2.19. The van der Waals surface area contributed by atoms with Crippen LogP contribution < -0.4 is 5.11 Å². The lowest BCUT2D eigenvalue weighted by Crippen LogP contribution is -2.27. The molecule has 0 saturated heterocycles. The maximum absolute atomic E-state index is 12.0. The Morgan fingerprint density at radius 3 is 2.47 bits per heavy atom. The third kappa shape index (κ3) is 2.76.